The lowest BCUT2D eigenvalue weighted by molar-refractivity contribution is -0.385. The summed E-state index contributed by atoms with van der Waals surface area (Å²) in [5.41, 5.74) is 1.38. The van der Waals surface area contributed by atoms with E-state index in [1.54, 1.807) is 6.07 Å². The molecule has 0 saturated carbocycles. The molecule has 126 valence electrons. The molecular formula is C20H19N3O2. The van der Waals surface area contributed by atoms with Gasteiger partial charge in [-0.1, -0.05) is 42.5 Å². The number of nitrogens with zero attached hydrogens (tertiary/aromatic N) is 3. The van der Waals surface area contributed by atoms with Gasteiger partial charge in [0.1, 0.15) is 12.0 Å². The summed E-state index contributed by atoms with van der Waals surface area (Å²) in [6, 6.07) is 18.6. The standard InChI is InChI=1S/C20H19N3O2/c24-23(25)18-10-11-20(21-14-18)22-12-4-8-17(22)13-16-7-3-6-15-5-1-2-9-19(15)16/h1-3,5-7,9-11,14,17H,4,8,12-13H2. The van der Waals surface area contributed by atoms with Gasteiger partial charge in [0.2, 0.25) is 0 Å². The molecule has 1 aromatic heterocycles. The monoisotopic (exact) mass is 333 g/mol. The number of benzene rings is 2. The van der Waals surface area contributed by atoms with Crippen LogP contribution in [0.2, 0.25) is 0 Å². The van der Waals surface area contributed by atoms with Crippen LogP contribution < -0.4 is 4.90 Å². The maximum atomic E-state index is 10.8. The van der Waals surface area contributed by atoms with E-state index in [0.29, 0.717) is 6.04 Å². The smallest absolute Gasteiger partial charge is 0.287 e. The first-order chi connectivity index (χ1) is 12.2. The van der Waals surface area contributed by atoms with Gasteiger partial charge in [0.15, 0.2) is 0 Å². The van der Waals surface area contributed by atoms with Gasteiger partial charge < -0.3 is 4.90 Å². The maximum Gasteiger partial charge on any atom is 0.287 e. The number of nitro groups is 1. The fraction of sp³-hybridized carbons (Fsp3) is 0.250. The Morgan fingerprint density at radius 2 is 1.96 bits per heavy atom. The van der Waals surface area contributed by atoms with Crippen LogP contribution in [0.15, 0.2) is 60.8 Å². The van der Waals surface area contributed by atoms with Gasteiger partial charge in [-0.2, -0.15) is 0 Å². The third-order valence-electron chi connectivity index (χ3n) is 4.95. The molecule has 5 nitrogen and oxygen atoms in total. The number of hydrogen-bond acceptors (Lipinski definition) is 4. The Balaban J connectivity index is 1.60. The summed E-state index contributed by atoms with van der Waals surface area (Å²) < 4.78 is 0. The molecule has 0 aliphatic carbocycles. The minimum absolute atomic E-state index is 0.0357. The Morgan fingerprint density at radius 3 is 2.76 bits per heavy atom. The van der Waals surface area contributed by atoms with Crippen molar-refractivity contribution in [1.29, 1.82) is 0 Å². The van der Waals surface area contributed by atoms with Crippen LogP contribution in [0.3, 0.4) is 0 Å². The van der Waals surface area contributed by atoms with Gasteiger partial charge in [0.05, 0.1) is 4.92 Å². The number of rotatable bonds is 4. The largest absolute Gasteiger partial charge is 0.353 e. The van der Waals surface area contributed by atoms with Crippen molar-refractivity contribution in [2.45, 2.75) is 25.3 Å². The molecule has 2 aromatic carbocycles. The summed E-state index contributed by atoms with van der Waals surface area (Å²) >= 11 is 0. The van der Waals surface area contributed by atoms with Crippen LogP contribution in [0.5, 0.6) is 0 Å². The zero-order valence-electron chi connectivity index (χ0n) is 13.8. The highest BCUT2D eigenvalue weighted by Crippen LogP contribution is 2.29. The van der Waals surface area contributed by atoms with Crippen molar-refractivity contribution in [2.75, 3.05) is 11.4 Å². The summed E-state index contributed by atoms with van der Waals surface area (Å²) in [6.07, 6.45) is 4.54. The number of aromatic nitrogens is 1. The average Bonchev–Trinajstić information content (AvgIpc) is 3.10. The van der Waals surface area contributed by atoms with Gasteiger partial charge in [-0.3, -0.25) is 10.1 Å². The van der Waals surface area contributed by atoms with Gasteiger partial charge in [0, 0.05) is 18.7 Å². The molecule has 1 atom stereocenters. The molecule has 5 heteroatoms. The van der Waals surface area contributed by atoms with Crippen molar-refractivity contribution in [3.63, 3.8) is 0 Å². The molecule has 0 amide bonds. The second-order valence-corrected chi connectivity index (χ2v) is 6.46. The molecule has 1 aliphatic rings. The van der Waals surface area contributed by atoms with E-state index >= 15 is 0 Å². The zero-order chi connectivity index (χ0) is 17.2. The van der Waals surface area contributed by atoms with Crippen molar-refractivity contribution in [2.24, 2.45) is 0 Å². The van der Waals surface area contributed by atoms with E-state index in [1.165, 1.54) is 28.6 Å². The van der Waals surface area contributed by atoms with Crippen LogP contribution in [0.4, 0.5) is 11.5 Å². The first kappa shape index (κ1) is 15.6. The second-order valence-electron chi connectivity index (χ2n) is 6.46. The highest BCUT2D eigenvalue weighted by molar-refractivity contribution is 5.85. The zero-order valence-corrected chi connectivity index (χ0v) is 13.8. The quantitative estimate of drug-likeness (QED) is 0.526. The minimum atomic E-state index is -0.408. The number of hydrogen-bond donors (Lipinski definition) is 0. The number of anilines is 1. The summed E-state index contributed by atoms with van der Waals surface area (Å²) in [6.45, 7) is 0.945. The van der Waals surface area contributed by atoms with Gasteiger partial charge >= 0.3 is 0 Å². The summed E-state index contributed by atoms with van der Waals surface area (Å²) in [5, 5.41) is 13.4. The number of fused-ring (bicyclic) bond motifs is 1. The first-order valence-electron chi connectivity index (χ1n) is 8.56. The molecule has 0 N–H and O–H groups in total. The predicted octanol–water partition coefficient (Wildman–Crippen LogP) is 4.35. The van der Waals surface area contributed by atoms with Crippen molar-refractivity contribution < 1.29 is 4.92 Å². The predicted molar refractivity (Wildman–Crippen MR) is 98.9 cm³/mol. The van der Waals surface area contributed by atoms with Crippen molar-refractivity contribution in [3.8, 4) is 0 Å². The molecule has 25 heavy (non-hydrogen) atoms. The normalized spacial score (nSPS) is 17.1. The van der Waals surface area contributed by atoms with Crippen LogP contribution >= 0.6 is 0 Å². The molecule has 1 aliphatic heterocycles. The van der Waals surface area contributed by atoms with Gasteiger partial charge in [-0.25, -0.2) is 4.98 Å². The highest BCUT2D eigenvalue weighted by Gasteiger charge is 2.26. The third kappa shape index (κ3) is 3.05. The molecule has 3 aromatic rings. The fourth-order valence-corrected chi connectivity index (χ4v) is 3.73. The van der Waals surface area contributed by atoms with Crippen molar-refractivity contribution in [3.05, 3.63) is 76.5 Å². The first-order valence-corrected chi connectivity index (χ1v) is 8.56. The third-order valence-corrected chi connectivity index (χ3v) is 4.95. The van der Waals surface area contributed by atoms with Crippen LogP contribution in [0, 0.1) is 10.1 Å². The van der Waals surface area contributed by atoms with Crippen molar-refractivity contribution >= 4 is 22.3 Å². The molecule has 4 rings (SSSR count). The fourth-order valence-electron chi connectivity index (χ4n) is 3.73. The Hall–Kier alpha value is -2.95. The lowest BCUT2D eigenvalue weighted by Gasteiger charge is -2.26. The van der Waals surface area contributed by atoms with E-state index in [9.17, 15) is 10.1 Å². The van der Waals surface area contributed by atoms with Gasteiger partial charge in [-0.05, 0) is 41.7 Å². The van der Waals surface area contributed by atoms with Crippen LogP contribution in [0.25, 0.3) is 10.8 Å². The van der Waals surface area contributed by atoms with E-state index in [-0.39, 0.29) is 5.69 Å². The van der Waals surface area contributed by atoms with Gasteiger partial charge in [-0.15, -0.1) is 0 Å². The van der Waals surface area contributed by atoms with Gasteiger partial charge in [0.25, 0.3) is 5.69 Å². The van der Waals surface area contributed by atoms with Crippen LogP contribution in [-0.2, 0) is 6.42 Å². The van der Waals surface area contributed by atoms with E-state index in [0.717, 1.165) is 31.6 Å². The van der Waals surface area contributed by atoms with E-state index < -0.39 is 4.92 Å². The summed E-state index contributed by atoms with van der Waals surface area (Å²) in [5.74, 6) is 0.827. The van der Waals surface area contributed by atoms with Crippen LogP contribution in [-0.4, -0.2) is 22.5 Å². The maximum absolute atomic E-state index is 10.8. The Kier molecular flexibility index (Phi) is 4.06. The molecule has 2 heterocycles. The molecule has 0 radical (unpaired) electrons. The van der Waals surface area contributed by atoms with Crippen LogP contribution in [0.1, 0.15) is 18.4 Å². The molecular weight excluding hydrogens is 314 g/mol. The second kappa shape index (κ2) is 6.51. The van der Waals surface area contributed by atoms with E-state index in [1.807, 2.05) is 0 Å². The Morgan fingerprint density at radius 1 is 1.12 bits per heavy atom. The summed E-state index contributed by atoms with van der Waals surface area (Å²) in [7, 11) is 0. The van der Waals surface area contributed by atoms with E-state index in [4.69, 9.17) is 0 Å². The SMILES string of the molecule is O=[N+]([O-])c1ccc(N2CCCC2Cc2cccc3ccccc23)nc1. The summed E-state index contributed by atoms with van der Waals surface area (Å²) in [4.78, 5) is 17.0. The lowest BCUT2D eigenvalue weighted by Crippen LogP contribution is -2.31. The average molecular weight is 333 g/mol. The topological polar surface area (TPSA) is 59.3 Å². The Bertz CT molecular complexity index is 903. The molecule has 1 unspecified atom stereocenters. The van der Waals surface area contributed by atoms with Crippen molar-refractivity contribution in [1.82, 2.24) is 4.98 Å². The molecule has 0 spiro atoms. The minimum Gasteiger partial charge on any atom is -0.353 e. The highest BCUT2D eigenvalue weighted by atomic mass is 16.6. The lowest BCUT2D eigenvalue weighted by atomic mass is 9.98. The molecule has 1 saturated heterocycles. The molecule has 0 bridgehead atoms. The molecule has 1 fully saturated rings. The van der Waals surface area contributed by atoms with E-state index in [2.05, 4.69) is 52.3 Å². The number of pyridine rings is 1. The Labute approximate surface area is 146 Å².